The summed E-state index contributed by atoms with van der Waals surface area (Å²) in [5, 5.41) is 7.01. The zero-order chi connectivity index (χ0) is 15.1. The molecular weight excluding hydrogens is 293 g/mol. The molecule has 110 valence electrons. The number of hydrogen-bond donors (Lipinski definition) is 2. The number of aromatic nitrogens is 1. The Morgan fingerprint density at radius 2 is 1.90 bits per heavy atom. The van der Waals surface area contributed by atoms with E-state index >= 15 is 0 Å². The molecule has 0 unspecified atom stereocenters. The first-order valence-corrected chi connectivity index (χ1v) is 7.22. The summed E-state index contributed by atoms with van der Waals surface area (Å²) in [4.78, 5) is 27.2. The Balaban J connectivity index is 1.68. The van der Waals surface area contributed by atoms with Crippen molar-refractivity contribution in [3.63, 3.8) is 0 Å². The number of hydrogen-bond acceptors (Lipinski definition) is 4. The standard InChI is InChI=1S/C14H14FN3O2S/c15-11-3-1-10(2-4-11)5-13(19)17-7-14(20)16-6-12-8-21-9-18-12/h1-4,8-9H,5-7H2,(H,16,20)(H,17,19). The molecule has 0 spiro atoms. The second-order valence-corrected chi connectivity index (χ2v) is 5.06. The van der Waals surface area contributed by atoms with Crippen LogP contribution in [0.25, 0.3) is 0 Å². The van der Waals surface area contributed by atoms with Gasteiger partial charge in [0.05, 0.1) is 30.7 Å². The van der Waals surface area contributed by atoms with E-state index in [1.165, 1.54) is 35.6 Å². The highest BCUT2D eigenvalue weighted by molar-refractivity contribution is 7.07. The summed E-state index contributed by atoms with van der Waals surface area (Å²) in [5.41, 5.74) is 3.16. The Labute approximate surface area is 125 Å². The Morgan fingerprint density at radius 1 is 1.14 bits per heavy atom. The minimum atomic E-state index is -0.347. The van der Waals surface area contributed by atoms with E-state index in [0.717, 1.165) is 5.69 Å². The lowest BCUT2D eigenvalue weighted by molar-refractivity contribution is -0.125. The van der Waals surface area contributed by atoms with Crippen molar-refractivity contribution in [3.8, 4) is 0 Å². The zero-order valence-corrected chi connectivity index (χ0v) is 12.0. The lowest BCUT2D eigenvalue weighted by atomic mass is 10.1. The van der Waals surface area contributed by atoms with Gasteiger partial charge in [-0.2, -0.15) is 0 Å². The maximum Gasteiger partial charge on any atom is 0.239 e. The van der Waals surface area contributed by atoms with Gasteiger partial charge in [-0.3, -0.25) is 9.59 Å². The number of rotatable bonds is 6. The average Bonchev–Trinajstić information content (AvgIpc) is 2.99. The van der Waals surface area contributed by atoms with Gasteiger partial charge in [-0.15, -0.1) is 11.3 Å². The molecule has 21 heavy (non-hydrogen) atoms. The Hall–Kier alpha value is -2.28. The van der Waals surface area contributed by atoms with Crippen molar-refractivity contribution in [2.75, 3.05) is 6.54 Å². The first kappa shape index (κ1) is 15.1. The van der Waals surface area contributed by atoms with E-state index in [2.05, 4.69) is 15.6 Å². The molecule has 2 amide bonds. The number of carbonyl (C=O) groups excluding carboxylic acids is 2. The third-order valence-corrected chi connectivity index (χ3v) is 3.31. The Bertz CT molecular complexity index is 599. The van der Waals surface area contributed by atoms with Crippen LogP contribution in [0.15, 0.2) is 35.2 Å². The molecule has 0 aliphatic heterocycles. The molecule has 0 aliphatic rings. The van der Waals surface area contributed by atoms with Crippen molar-refractivity contribution in [1.82, 2.24) is 15.6 Å². The smallest absolute Gasteiger partial charge is 0.239 e. The van der Waals surface area contributed by atoms with Gasteiger partial charge in [0.1, 0.15) is 5.82 Å². The van der Waals surface area contributed by atoms with Crippen molar-refractivity contribution >= 4 is 23.2 Å². The van der Waals surface area contributed by atoms with Crippen LogP contribution in [-0.4, -0.2) is 23.3 Å². The first-order valence-electron chi connectivity index (χ1n) is 6.28. The van der Waals surface area contributed by atoms with Crippen molar-refractivity contribution in [1.29, 1.82) is 0 Å². The predicted octanol–water partition coefficient (Wildman–Crippen LogP) is 1.26. The molecular formula is C14H14FN3O2S. The van der Waals surface area contributed by atoms with E-state index in [1.807, 2.05) is 5.38 Å². The minimum absolute atomic E-state index is 0.0931. The number of nitrogens with one attached hydrogen (secondary N) is 2. The number of nitrogens with zero attached hydrogens (tertiary/aromatic N) is 1. The number of carbonyl (C=O) groups is 2. The van der Waals surface area contributed by atoms with Crippen LogP contribution < -0.4 is 10.6 Å². The van der Waals surface area contributed by atoms with Crippen molar-refractivity contribution in [2.45, 2.75) is 13.0 Å². The van der Waals surface area contributed by atoms with Crippen LogP contribution in [0.3, 0.4) is 0 Å². The van der Waals surface area contributed by atoms with Crippen LogP contribution in [0.4, 0.5) is 4.39 Å². The van der Waals surface area contributed by atoms with Gasteiger partial charge in [-0.1, -0.05) is 12.1 Å². The molecule has 0 bridgehead atoms. The summed E-state index contributed by atoms with van der Waals surface area (Å²) in [6.45, 7) is 0.250. The van der Waals surface area contributed by atoms with Crippen LogP contribution in [0.5, 0.6) is 0 Å². The van der Waals surface area contributed by atoms with Crippen LogP contribution >= 0.6 is 11.3 Å². The molecule has 2 N–H and O–H groups in total. The molecule has 5 nitrogen and oxygen atoms in total. The molecule has 2 aromatic rings. The molecule has 7 heteroatoms. The summed E-state index contributed by atoms with van der Waals surface area (Å²) in [7, 11) is 0. The Kier molecular flexibility index (Phi) is 5.39. The highest BCUT2D eigenvalue weighted by Gasteiger charge is 2.07. The SMILES string of the molecule is O=C(CNC(=O)Cc1ccc(F)cc1)NCc1cscn1. The predicted molar refractivity (Wildman–Crippen MR) is 77.1 cm³/mol. The highest BCUT2D eigenvalue weighted by atomic mass is 32.1. The quantitative estimate of drug-likeness (QED) is 0.844. The molecule has 0 atom stereocenters. The summed E-state index contributed by atoms with van der Waals surface area (Å²) in [5.74, 6) is -0.915. The van der Waals surface area contributed by atoms with Crippen molar-refractivity contribution in [3.05, 3.63) is 52.2 Å². The third kappa shape index (κ3) is 5.31. The number of halogens is 1. The van der Waals surface area contributed by atoms with E-state index in [1.54, 1.807) is 5.51 Å². The van der Waals surface area contributed by atoms with E-state index < -0.39 is 0 Å². The maximum atomic E-state index is 12.7. The molecule has 0 saturated heterocycles. The number of thiazole rings is 1. The lowest BCUT2D eigenvalue weighted by Gasteiger charge is -2.06. The largest absolute Gasteiger partial charge is 0.349 e. The second kappa shape index (κ2) is 7.49. The fourth-order valence-electron chi connectivity index (χ4n) is 1.61. The minimum Gasteiger partial charge on any atom is -0.349 e. The van der Waals surface area contributed by atoms with Gasteiger partial charge in [-0.05, 0) is 17.7 Å². The summed E-state index contributed by atoms with van der Waals surface area (Å²) >= 11 is 1.45. The second-order valence-electron chi connectivity index (χ2n) is 4.34. The zero-order valence-electron chi connectivity index (χ0n) is 11.1. The third-order valence-electron chi connectivity index (χ3n) is 2.67. The van der Waals surface area contributed by atoms with Crippen molar-refractivity contribution < 1.29 is 14.0 Å². The molecule has 0 fully saturated rings. The van der Waals surface area contributed by atoms with E-state index in [-0.39, 0.29) is 30.6 Å². The maximum absolute atomic E-state index is 12.7. The van der Waals surface area contributed by atoms with Gasteiger partial charge in [0, 0.05) is 5.38 Å². The van der Waals surface area contributed by atoms with E-state index in [9.17, 15) is 14.0 Å². The topological polar surface area (TPSA) is 71.1 Å². The molecule has 2 rings (SSSR count). The van der Waals surface area contributed by atoms with Gasteiger partial charge in [-0.25, -0.2) is 9.37 Å². The van der Waals surface area contributed by atoms with Gasteiger partial charge >= 0.3 is 0 Å². The lowest BCUT2D eigenvalue weighted by Crippen LogP contribution is -2.37. The van der Waals surface area contributed by atoms with E-state index in [4.69, 9.17) is 0 Å². The number of benzene rings is 1. The van der Waals surface area contributed by atoms with Crippen LogP contribution in [0.1, 0.15) is 11.3 Å². The fraction of sp³-hybridized carbons (Fsp3) is 0.214. The van der Waals surface area contributed by atoms with Gasteiger partial charge < -0.3 is 10.6 Å². The van der Waals surface area contributed by atoms with Crippen LogP contribution in [0, 0.1) is 5.82 Å². The Morgan fingerprint density at radius 3 is 2.57 bits per heavy atom. The van der Waals surface area contributed by atoms with Gasteiger partial charge in [0.25, 0.3) is 0 Å². The van der Waals surface area contributed by atoms with Crippen LogP contribution in [-0.2, 0) is 22.6 Å². The van der Waals surface area contributed by atoms with E-state index in [0.29, 0.717) is 12.1 Å². The van der Waals surface area contributed by atoms with Crippen LogP contribution in [0.2, 0.25) is 0 Å². The molecule has 0 aliphatic carbocycles. The fourth-order valence-corrected chi connectivity index (χ4v) is 2.16. The number of amides is 2. The molecule has 1 aromatic heterocycles. The highest BCUT2D eigenvalue weighted by Crippen LogP contribution is 2.03. The summed E-state index contributed by atoms with van der Waals surface area (Å²) in [6, 6.07) is 5.67. The molecule has 1 aromatic carbocycles. The van der Waals surface area contributed by atoms with Gasteiger partial charge in [0.15, 0.2) is 0 Å². The van der Waals surface area contributed by atoms with Crippen molar-refractivity contribution in [2.24, 2.45) is 0 Å². The molecule has 0 saturated carbocycles. The normalized spacial score (nSPS) is 10.1. The molecule has 0 radical (unpaired) electrons. The molecule has 1 heterocycles. The van der Waals surface area contributed by atoms with Gasteiger partial charge in [0.2, 0.25) is 11.8 Å². The summed E-state index contributed by atoms with van der Waals surface area (Å²) in [6.07, 6.45) is 0.111. The monoisotopic (exact) mass is 307 g/mol. The average molecular weight is 307 g/mol. The first-order chi connectivity index (χ1) is 10.1. The summed E-state index contributed by atoms with van der Waals surface area (Å²) < 4.78 is 12.7.